The van der Waals surface area contributed by atoms with E-state index in [4.69, 9.17) is 14.7 Å². The van der Waals surface area contributed by atoms with Crippen LogP contribution in [0.2, 0.25) is 0 Å². The lowest BCUT2D eigenvalue weighted by Crippen LogP contribution is -2.15. The second-order valence-electron chi connectivity index (χ2n) is 4.63. The molecule has 0 amide bonds. The number of fused-ring (bicyclic) bond motifs is 1. The zero-order chi connectivity index (χ0) is 12.4. The van der Waals surface area contributed by atoms with Gasteiger partial charge in [0.15, 0.2) is 11.5 Å². The van der Waals surface area contributed by atoms with Crippen molar-refractivity contribution in [3.63, 3.8) is 0 Å². The van der Waals surface area contributed by atoms with Gasteiger partial charge in [-0.05, 0) is 31.0 Å². The largest absolute Gasteiger partial charge is 0.486 e. The highest BCUT2D eigenvalue weighted by atomic mass is 32.2. The van der Waals surface area contributed by atoms with Crippen molar-refractivity contribution in [1.29, 1.82) is 5.26 Å². The van der Waals surface area contributed by atoms with Crippen LogP contribution in [0.4, 0.5) is 0 Å². The summed E-state index contributed by atoms with van der Waals surface area (Å²) < 4.78 is 11.1. The van der Waals surface area contributed by atoms with E-state index in [1.54, 1.807) is 11.8 Å². The number of benzene rings is 1. The molecule has 18 heavy (non-hydrogen) atoms. The summed E-state index contributed by atoms with van der Waals surface area (Å²) in [5, 5.41) is 9.53. The molecule has 2 aliphatic rings. The van der Waals surface area contributed by atoms with Gasteiger partial charge in [-0.2, -0.15) is 5.26 Å². The first-order chi connectivity index (χ1) is 8.86. The SMILES string of the molecule is N#CC1CCCC1Sc1ccc2c(c1)OCCO2. The Hall–Kier alpha value is -1.34. The van der Waals surface area contributed by atoms with Crippen molar-refractivity contribution in [2.24, 2.45) is 5.92 Å². The number of hydrogen-bond acceptors (Lipinski definition) is 4. The third-order valence-corrected chi connectivity index (χ3v) is 4.81. The summed E-state index contributed by atoms with van der Waals surface area (Å²) in [5.41, 5.74) is 0. The Bertz CT molecular complexity index is 483. The van der Waals surface area contributed by atoms with Crippen molar-refractivity contribution in [2.45, 2.75) is 29.4 Å². The van der Waals surface area contributed by atoms with Gasteiger partial charge in [-0.3, -0.25) is 0 Å². The molecule has 3 nitrogen and oxygen atoms in total. The Labute approximate surface area is 111 Å². The van der Waals surface area contributed by atoms with Gasteiger partial charge in [-0.1, -0.05) is 6.42 Å². The number of rotatable bonds is 2. The Kier molecular flexibility index (Phi) is 3.33. The van der Waals surface area contributed by atoms with Crippen molar-refractivity contribution >= 4 is 11.8 Å². The summed E-state index contributed by atoms with van der Waals surface area (Å²) in [7, 11) is 0. The predicted molar refractivity (Wildman–Crippen MR) is 70.0 cm³/mol. The second kappa shape index (κ2) is 5.11. The quantitative estimate of drug-likeness (QED) is 0.819. The van der Waals surface area contributed by atoms with Gasteiger partial charge in [0, 0.05) is 10.1 Å². The highest BCUT2D eigenvalue weighted by molar-refractivity contribution is 8.00. The minimum Gasteiger partial charge on any atom is -0.486 e. The maximum Gasteiger partial charge on any atom is 0.162 e. The summed E-state index contributed by atoms with van der Waals surface area (Å²) in [6, 6.07) is 8.48. The Morgan fingerprint density at radius 3 is 2.83 bits per heavy atom. The molecule has 0 N–H and O–H groups in total. The standard InChI is InChI=1S/C14H15NO2S/c15-9-10-2-1-3-14(10)18-11-4-5-12-13(8-11)17-7-6-16-12/h4-5,8,10,14H,1-3,6-7H2. The Balaban J connectivity index is 1.75. The summed E-state index contributed by atoms with van der Waals surface area (Å²) in [6.07, 6.45) is 3.34. The van der Waals surface area contributed by atoms with Crippen LogP contribution in [-0.4, -0.2) is 18.5 Å². The fourth-order valence-corrected chi connectivity index (χ4v) is 3.80. The van der Waals surface area contributed by atoms with Gasteiger partial charge < -0.3 is 9.47 Å². The van der Waals surface area contributed by atoms with E-state index in [1.165, 1.54) is 11.3 Å². The molecule has 2 atom stereocenters. The van der Waals surface area contributed by atoms with E-state index in [1.807, 2.05) is 12.1 Å². The monoisotopic (exact) mass is 261 g/mol. The van der Waals surface area contributed by atoms with Crippen LogP contribution in [0, 0.1) is 17.2 Å². The molecule has 1 aliphatic heterocycles. The lowest BCUT2D eigenvalue weighted by Gasteiger charge is -2.20. The number of nitriles is 1. The normalized spacial score (nSPS) is 25.7. The highest BCUT2D eigenvalue weighted by Crippen LogP contribution is 2.41. The van der Waals surface area contributed by atoms with Gasteiger partial charge in [0.05, 0.1) is 12.0 Å². The van der Waals surface area contributed by atoms with E-state index in [9.17, 15) is 0 Å². The van der Waals surface area contributed by atoms with E-state index >= 15 is 0 Å². The first-order valence-electron chi connectivity index (χ1n) is 6.33. The molecule has 1 aliphatic carbocycles. The van der Waals surface area contributed by atoms with Crippen molar-refractivity contribution in [3.8, 4) is 17.6 Å². The van der Waals surface area contributed by atoms with Gasteiger partial charge in [-0.15, -0.1) is 11.8 Å². The van der Waals surface area contributed by atoms with Crippen molar-refractivity contribution in [3.05, 3.63) is 18.2 Å². The van der Waals surface area contributed by atoms with E-state index in [0.717, 1.165) is 24.3 Å². The molecule has 94 valence electrons. The van der Waals surface area contributed by atoms with Gasteiger partial charge in [0.1, 0.15) is 13.2 Å². The maximum atomic E-state index is 9.10. The molecule has 1 fully saturated rings. The molecule has 0 spiro atoms. The molecule has 0 bridgehead atoms. The van der Waals surface area contributed by atoms with Crippen LogP contribution >= 0.6 is 11.8 Å². The molecule has 1 heterocycles. The van der Waals surface area contributed by atoms with Gasteiger partial charge >= 0.3 is 0 Å². The summed E-state index contributed by atoms with van der Waals surface area (Å²) in [6.45, 7) is 1.24. The fraction of sp³-hybridized carbons (Fsp3) is 0.500. The van der Waals surface area contributed by atoms with Crippen LogP contribution in [0.15, 0.2) is 23.1 Å². The number of ether oxygens (including phenoxy) is 2. The smallest absolute Gasteiger partial charge is 0.162 e. The molecule has 1 saturated carbocycles. The van der Waals surface area contributed by atoms with Crippen LogP contribution in [0.5, 0.6) is 11.5 Å². The number of thioether (sulfide) groups is 1. The minimum absolute atomic E-state index is 0.197. The molecule has 1 aromatic rings. The van der Waals surface area contributed by atoms with E-state index in [-0.39, 0.29) is 5.92 Å². The van der Waals surface area contributed by atoms with E-state index < -0.39 is 0 Å². The average Bonchev–Trinajstić information content (AvgIpc) is 2.86. The Morgan fingerprint density at radius 1 is 1.17 bits per heavy atom. The molecular formula is C14H15NO2S. The molecule has 3 rings (SSSR count). The molecular weight excluding hydrogens is 246 g/mol. The van der Waals surface area contributed by atoms with Crippen molar-refractivity contribution in [2.75, 3.05) is 13.2 Å². The molecule has 4 heteroatoms. The topological polar surface area (TPSA) is 42.2 Å². The lowest BCUT2D eigenvalue weighted by atomic mass is 10.1. The fourth-order valence-electron chi connectivity index (χ4n) is 2.49. The van der Waals surface area contributed by atoms with Crippen LogP contribution in [0.25, 0.3) is 0 Å². The zero-order valence-corrected chi connectivity index (χ0v) is 10.9. The summed E-state index contributed by atoms with van der Waals surface area (Å²) in [5.74, 6) is 1.86. The van der Waals surface area contributed by atoms with Gasteiger partial charge in [0.2, 0.25) is 0 Å². The average molecular weight is 261 g/mol. The van der Waals surface area contributed by atoms with Crippen molar-refractivity contribution < 1.29 is 9.47 Å². The van der Waals surface area contributed by atoms with E-state index in [2.05, 4.69) is 12.1 Å². The second-order valence-corrected chi connectivity index (χ2v) is 5.94. The van der Waals surface area contributed by atoms with Gasteiger partial charge in [-0.25, -0.2) is 0 Å². The summed E-state index contributed by atoms with van der Waals surface area (Å²) in [4.78, 5) is 1.17. The molecule has 0 radical (unpaired) electrons. The molecule has 0 aromatic heterocycles. The first kappa shape index (κ1) is 11.7. The molecule has 0 saturated heterocycles. The predicted octanol–water partition coefficient (Wildman–Crippen LogP) is 3.24. The zero-order valence-electron chi connectivity index (χ0n) is 10.1. The maximum absolute atomic E-state index is 9.10. The first-order valence-corrected chi connectivity index (χ1v) is 7.21. The third kappa shape index (κ3) is 2.28. The number of hydrogen-bond donors (Lipinski definition) is 0. The van der Waals surface area contributed by atoms with Crippen LogP contribution in [-0.2, 0) is 0 Å². The van der Waals surface area contributed by atoms with Crippen LogP contribution in [0.1, 0.15) is 19.3 Å². The number of nitrogens with zero attached hydrogens (tertiary/aromatic N) is 1. The molecule has 1 aromatic carbocycles. The Morgan fingerprint density at radius 2 is 2.00 bits per heavy atom. The lowest BCUT2D eigenvalue weighted by molar-refractivity contribution is 0.171. The van der Waals surface area contributed by atoms with Crippen molar-refractivity contribution in [1.82, 2.24) is 0 Å². The highest BCUT2D eigenvalue weighted by Gasteiger charge is 2.28. The minimum atomic E-state index is 0.197. The van der Waals surface area contributed by atoms with Gasteiger partial charge in [0.25, 0.3) is 0 Å². The molecule has 2 unspecified atom stereocenters. The third-order valence-electron chi connectivity index (χ3n) is 3.42. The summed E-state index contributed by atoms with van der Waals surface area (Å²) >= 11 is 1.80. The van der Waals surface area contributed by atoms with Crippen LogP contribution in [0.3, 0.4) is 0 Å². The van der Waals surface area contributed by atoms with E-state index in [0.29, 0.717) is 18.5 Å². The van der Waals surface area contributed by atoms with Crippen LogP contribution < -0.4 is 9.47 Å².